The zero-order chi connectivity index (χ0) is 17.4. The molecule has 124 valence electrons. The minimum absolute atomic E-state index is 0.152. The summed E-state index contributed by atoms with van der Waals surface area (Å²) in [5, 5.41) is 4.95. The van der Waals surface area contributed by atoms with Crippen molar-refractivity contribution in [3.63, 3.8) is 0 Å². The Bertz CT molecular complexity index is 1160. The molecule has 0 atom stereocenters. The molecule has 0 aliphatic heterocycles. The van der Waals surface area contributed by atoms with Crippen molar-refractivity contribution in [2.45, 2.75) is 13.3 Å². The maximum Gasteiger partial charge on any atom is 0.291 e. The van der Waals surface area contributed by atoms with Crippen LogP contribution < -0.4 is 10.1 Å². The average Bonchev–Trinajstić information content (AvgIpc) is 3.16. The highest BCUT2D eigenvalue weighted by molar-refractivity contribution is 7.15. The van der Waals surface area contributed by atoms with Gasteiger partial charge in [0.05, 0.1) is 4.53 Å². The second kappa shape index (κ2) is 6.43. The number of halogens is 1. The number of hydrogen-bond acceptors (Lipinski definition) is 4. The van der Waals surface area contributed by atoms with Crippen molar-refractivity contribution >= 4 is 34.0 Å². The van der Waals surface area contributed by atoms with Gasteiger partial charge in [0.1, 0.15) is 0 Å². The zero-order valence-electron chi connectivity index (χ0n) is 13.4. The Morgan fingerprint density at radius 2 is 2.00 bits per heavy atom. The lowest BCUT2D eigenvalue weighted by Gasteiger charge is -1.96. The molecule has 0 unspecified atom stereocenters. The molecule has 4 rings (SSSR count). The van der Waals surface area contributed by atoms with Crippen molar-refractivity contribution in [1.82, 2.24) is 14.6 Å². The van der Waals surface area contributed by atoms with E-state index in [9.17, 15) is 4.79 Å². The number of fused-ring (bicyclic) bond motifs is 1. The summed E-state index contributed by atoms with van der Waals surface area (Å²) in [5.41, 5.74) is 2.91. The van der Waals surface area contributed by atoms with Crippen molar-refractivity contribution in [1.29, 1.82) is 0 Å². The van der Waals surface area contributed by atoms with E-state index in [1.54, 1.807) is 12.1 Å². The van der Waals surface area contributed by atoms with Crippen molar-refractivity contribution < 1.29 is 0 Å². The molecule has 4 nitrogen and oxygen atoms in total. The van der Waals surface area contributed by atoms with Crippen molar-refractivity contribution in [2.24, 2.45) is 0 Å². The van der Waals surface area contributed by atoms with Gasteiger partial charge in [-0.25, -0.2) is 0 Å². The Hall–Kier alpha value is -2.50. The fourth-order valence-electron chi connectivity index (χ4n) is 2.58. The van der Waals surface area contributed by atoms with Crippen LogP contribution in [0.2, 0.25) is 5.02 Å². The summed E-state index contributed by atoms with van der Waals surface area (Å²) in [6.45, 7) is 2.12. The first-order chi connectivity index (χ1) is 12.1. The predicted molar refractivity (Wildman–Crippen MR) is 102 cm³/mol. The smallest absolute Gasteiger partial charge is 0.266 e. The number of hydrogen-bond donors (Lipinski definition) is 0. The van der Waals surface area contributed by atoms with Gasteiger partial charge in [-0.2, -0.15) is 9.50 Å². The fourth-order valence-corrected chi connectivity index (χ4v) is 3.68. The number of benzene rings is 2. The molecule has 25 heavy (non-hydrogen) atoms. The van der Waals surface area contributed by atoms with Crippen LogP contribution in [0.1, 0.15) is 18.1 Å². The lowest BCUT2D eigenvalue weighted by Crippen LogP contribution is -2.23. The molecule has 0 saturated carbocycles. The zero-order valence-corrected chi connectivity index (χ0v) is 15.0. The number of nitrogens with zero attached hydrogens (tertiary/aromatic N) is 3. The van der Waals surface area contributed by atoms with Crippen LogP contribution in [-0.4, -0.2) is 14.6 Å². The van der Waals surface area contributed by atoms with Crippen molar-refractivity contribution in [3.8, 4) is 11.4 Å². The van der Waals surface area contributed by atoms with Gasteiger partial charge in [-0.3, -0.25) is 4.79 Å². The molecule has 0 bridgehead atoms. The molecule has 0 amide bonds. The largest absolute Gasteiger partial charge is 0.291 e. The van der Waals surface area contributed by atoms with E-state index >= 15 is 0 Å². The third kappa shape index (κ3) is 3.08. The Morgan fingerprint density at radius 1 is 1.20 bits per heavy atom. The third-order valence-corrected chi connectivity index (χ3v) is 5.14. The lowest BCUT2D eigenvalue weighted by atomic mass is 10.1. The standard InChI is InChI=1S/C19H14ClN3OS/c1-2-12-6-8-13(9-7-12)10-16-18(24)23-19(25-16)21-17(22-23)14-4-3-5-15(20)11-14/h3-11H,2H2,1H3. The highest BCUT2D eigenvalue weighted by Gasteiger charge is 2.12. The Labute approximate surface area is 153 Å². The minimum Gasteiger partial charge on any atom is -0.266 e. The third-order valence-electron chi connectivity index (χ3n) is 3.95. The van der Waals surface area contributed by atoms with Crippen LogP contribution in [0.5, 0.6) is 0 Å². The molecule has 0 radical (unpaired) electrons. The van der Waals surface area contributed by atoms with Crippen LogP contribution in [0.3, 0.4) is 0 Å². The molecular weight excluding hydrogens is 354 g/mol. The van der Waals surface area contributed by atoms with E-state index in [0.717, 1.165) is 17.5 Å². The first kappa shape index (κ1) is 16.0. The summed E-state index contributed by atoms with van der Waals surface area (Å²) in [5.74, 6) is 0.504. The number of rotatable bonds is 3. The van der Waals surface area contributed by atoms with Gasteiger partial charge in [-0.05, 0) is 35.8 Å². The molecule has 6 heteroatoms. The van der Waals surface area contributed by atoms with Crippen LogP contribution in [-0.2, 0) is 6.42 Å². The Kier molecular flexibility index (Phi) is 4.11. The van der Waals surface area contributed by atoms with E-state index in [2.05, 4.69) is 29.1 Å². The highest BCUT2D eigenvalue weighted by Crippen LogP contribution is 2.20. The number of aromatic nitrogens is 3. The molecule has 0 aliphatic rings. The molecular formula is C19H14ClN3OS. The van der Waals surface area contributed by atoms with Gasteiger partial charge in [-0.15, -0.1) is 5.10 Å². The van der Waals surface area contributed by atoms with Crippen LogP contribution in [0.4, 0.5) is 0 Å². The number of thiazole rings is 1. The molecule has 2 aromatic heterocycles. The SMILES string of the molecule is CCc1ccc(C=c2sc3nc(-c4cccc(Cl)c4)nn3c2=O)cc1. The van der Waals surface area contributed by atoms with Crippen LogP contribution >= 0.6 is 22.9 Å². The van der Waals surface area contributed by atoms with Crippen LogP contribution in [0.25, 0.3) is 22.4 Å². The molecule has 0 spiro atoms. The van der Waals surface area contributed by atoms with Gasteiger partial charge in [-0.1, -0.05) is 66.3 Å². The first-order valence-corrected chi connectivity index (χ1v) is 9.09. The summed E-state index contributed by atoms with van der Waals surface area (Å²) < 4.78 is 1.98. The van der Waals surface area contributed by atoms with E-state index in [4.69, 9.17) is 11.6 Å². The van der Waals surface area contributed by atoms with E-state index < -0.39 is 0 Å². The summed E-state index contributed by atoms with van der Waals surface area (Å²) >= 11 is 7.35. The van der Waals surface area contributed by atoms with E-state index in [1.807, 2.05) is 30.3 Å². The van der Waals surface area contributed by atoms with Crippen molar-refractivity contribution in [2.75, 3.05) is 0 Å². The maximum absolute atomic E-state index is 12.6. The molecule has 0 aliphatic carbocycles. The van der Waals surface area contributed by atoms with Gasteiger partial charge >= 0.3 is 0 Å². The van der Waals surface area contributed by atoms with E-state index in [1.165, 1.54) is 21.4 Å². The Balaban J connectivity index is 1.77. The first-order valence-electron chi connectivity index (χ1n) is 7.90. The predicted octanol–water partition coefficient (Wildman–Crippen LogP) is 3.58. The van der Waals surface area contributed by atoms with E-state index in [-0.39, 0.29) is 5.56 Å². The van der Waals surface area contributed by atoms with Gasteiger partial charge in [0, 0.05) is 10.6 Å². The number of aryl methyl sites for hydroxylation is 1. The normalized spacial score (nSPS) is 12.2. The van der Waals surface area contributed by atoms with Crippen LogP contribution in [0.15, 0.2) is 53.3 Å². The summed E-state index contributed by atoms with van der Waals surface area (Å²) in [7, 11) is 0. The Morgan fingerprint density at radius 3 is 2.68 bits per heavy atom. The molecule has 0 N–H and O–H groups in total. The molecule has 2 heterocycles. The fraction of sp³-hybridized carbons (Fsp3) is 0.105. The summed E-state index contributed by atoms with van der Waals surface area (Å²) in [6, 6.07) is 15.5. The van der Waals surface area contributed by atoms with Crippen molar-refractivity contribution in [3.05, 3.63) is 79.6 Å². The minimum atomic E-state index is -0.152. The summed E-state index contributed by atoms with van der Waals surface area (Å²) in [4.78, 5) is 17.6. The average molecular weight is 368 g/mol. The maximum atomic E-state index is 12.6. The quantitative estimate of drug-likeness (QED) is 0.556. The monoisotopic (exact) mass is 367 g/mol. The molecule has 2 aromatic carbocycles. The van der Waals surface area contributed by atoms with Gasteiger partial charge in [0.25, 0.3) is 5.56 Å². The van der Waals surface area contributed by atoms with Gasteiger partial charge < -0.3 is 0 Å². The lowest BCUT2D eigenvalue weighted by molar-refractivity contribution is 0.937. The highest BCUT2D eigenvalue weighted by atomic mass is 35.5. The second-order valence-electron chi connectivity index (χ2n) is 5.65. The van der Waals surface area contributed by atoms with Crippen LogP contribution in [0, 0.1) is 0 Å². The molecule has 4 aromatic rings. The second-order valence-corrected chi connectivity index (χ2v) is 7.10. The molecule has 0 saturated heterocycles. The van der Waals surface area contributed by atoms with Gasteiger partial charge in [0.15, 0.2) is 5.82 Å². The topological polar surface area (TPSA) is 47.3 Å². The molecule has 0 fully saturated rings. The van der Waals surface area contributed by atoms with E-state index in [0.29, 0.717) is 20.3 Å². The summed E-state index contributed by atoms with van der Waals surface area (Å²) in [6.07, 6.45) is 2.87. The van der Waals surface area contributed by atoms with Gasteiger partial charge in [0.2, 0.25) is 4.96 Å².